The molecule has 2 aromatic rings. The molecule has 1 heterocycles. The van der Waals surface area contributed by atoms with E-state index in [0.29, 0.717) is 5.15 Å². The number of aryl methyl sites for hydroxylation is 4. The van der Waals surface area contributed by atoms with Crippen LogP contribution < -0.4 is 11.3 Å². The topological polar surface area (TPSA) is 55.9 Å². The smallest absolute Gasteiger partial charge is 0.130 e. The summed E-state index contributed by atoms with van der Waals surface area (Å²) in [7, 11) is 1.85. The summed E-state index contributed by atoms with van der Waals surface area (Å²) in [6.07, 6.45) is 1.63. The van der Waals surface area contributed by atoms with Crippen LogP contribution in [0, 0.1) is 20.8 Å². The van der Waals surface area contributed by atoms with E-state index in [1.54, 1.807) is 4.68 Å². The lowest BCUT2D eigenvalue weighted by Gasteiger charge is -2.17. The van der Waals surface area contributed by atoms with Gasteiger partial charge in [-0.25, -0.2) is 0 Å². The van der Waals surface area contributed by atoms with Crippen LogP contribution in [-0.4, -0.2) is 15.8 Å². The summed E-state index contributed by atoms with van der Waals surface area (Å²) in [6, 6.07) is 6.72. The van der Waals surface area contributed by atoms with Gasteiger partial charge in [0.25, 0.3) is 0 Å². The first-order valence-electron chi connectivity index (χ1n) is 7.12. The minimum atomic E-state index is 0.131. The van der Waals surface area contributed by atoms with E-state index in [2.05, 4.69) is 42.6 Å². The molecule has 0 bridgehead atoms. The minimum absolute atomic E-state index is 0.131. The molecule has 1 unspecified atom stereocenters. The number of aromatic nitrogens is 2. The zero-order valence-corrected chi connectivity index (χ0v) is 13.8. The van der Waals surface area contributed by atoms with Crippen LogP contribution in [0.3, 0.4) is 0 Å². The third kappa shape index (κ3) is 3.84. The quantitative estimate of drug-likeness (QED) is 0.659. The zero-order valence-electron chi connectivity index (χ0n) is 13.1. The largest absolute Gasteiger partial charge is 0.271 e. The molecule has 0 spiro atoms. The second kappa shape index (κ2) is 6.60. The van der Waals surface area contributed by atoms with E-state index in [9.17, 15) is 0 Å². The molecule has 0 fully saturated rings. The molecule has 0 saturated heterocycles. The van der Waals surface area contributed by atoms with Gasteiger partial charge in [-0.2, -0.15) is 5.10 Å². The number of nitrogens with zero attached hydrogens (tertiary/aromatic N) is 2. The fourth-order valence-corrected chi connectivity index (χ4v) is 3.07. The van der Waals surface area contributed by atoms with Crippen molar-refractivity contribution in [2.45, 2.75) is 39.7 Å². The molecular formula is C16H23ClN4. The summed E-state index contributed by atoms with van der Waals surface area (Å²) in [5.41, 5.74) is 8.76. The van der Waals surface area contributed by atoms with Crippen LogP contribution in [0.4, 0.5) is 0 Å². The van der Waals surface area contributed by atoms with Crippen LogP contribution in [0.2, 0.25) is 5.15 Å². The Balaban J connectivity index is 2.16. The first kappa shape index (κ1) is 16.0. The Bertz CT molecular complexity index is 613. The molecule has 4 nitrogen and oxygen atoms in total. The molecule has 0 radical (unpaired) electrons. The van der Waals surface area contributed by atoms with Crippen molar-refractivity contribution in [2.75, 3.05) is 0 Å². The van der Waals surface area contributed by atoms with Gasteiger partial charge in [-0.3, -0.25) is 16.0 Å². The molecule has 0 aliphatic rings. The second-order valence-corrected chi connectivity index (χ2v) is 6.10. The number of rotatable bonds is 5. The Morgan fingerprint density at radius 2 is 1.81 bits per heavy atom. The molecule has 1 aromatic heterocycles. The fraction of sp³-hybridized carbons (Fsp3) is 0.438. The first-order chi connectivity index (χ1) is 9.90. The molecule has 3 N–H and O–H groups in total. The molecular weight excluding hydrogens is 284 g/mol. The van der Waals surface area contributed by atoms with Crippen molar-refractivity contribution in [2.24, 2.45) is 12.9 Å². The normalized spacial score (nSPS) is 12.7. The second-order valence-electron chi connectivity index (χ2n) is 5.75. The molecule has 1 atom stereocenters. The number of nitrogens with two attached hydrogens (primary N) is 1. The van der Waals surface area contributed by atoms with Gasteiger partial charge in [0.15, 0.2) is 0 Å². The Labute approximate surface area is 131 Å². The van der Waals surface area contributed by atoms with Crippen molar-refractivity contribution in [1.82, 2.24) is 15.2 Å². The Morgan fingerprint density at radius 3 is 2.29 bits per heavy atom. The van der Waals surface area contributed by atoms with Crippen molar-refractivity contribution in [3.63, 3.8) is 0 Å². The van der Waals surface area contributed by atoms with E-state index in [4.69, 9.17) is 17.4 Å². The van der Waals surface area contributed by atoms with Crippen molar-refractivity contribution in [3.05, 3.63) is 51.3 Å². The van der Waals surface area contributed by atoms with Gasteiger partial charge >= 0.3 is 0 Å². The van der Waals surface area contributed by atoms with Crippen molar-refractivity contribution >= 4 is 11.6 Å². The van der Waals surface area contributed by atoms with Gasteiger partial charge < -0.3 is 0 Å². The highest BCUT2D eigenvalue weighted by Gasteiger charge is 2.17. The highest BCUT2D eigenvalue weighted by atomic mass is 35.5. The Hall–Kier alpha value is -1.36. The van der Waals surface area contributed by atoms with Gasteiger partial charge in [-0.05, 0) is 39.2 Å². The van der Waals surface area contributed by atoms with E-state index >= 15 is 0 Å². The van der Waals surface area contributed by atoms with E-state index < -0.39 is 0 Å². The first-order valence-corrected chi connectivity index (χ1v) is 7.49. The maximum Gasteiger partial charge on any atom is 0.130 e. The molecule has 0 aliphatic heterocycles. The monoisotopic (exact) mass is 306 g/mol. The van der Waals surface area contributed by atoms with E-state index in [0.717, 1.165) is 24.1 Å². The molecule has 114 valence electrons. The third-order valence-electron chi connectivity index (χ3n) is 3.72. The number of hydrogen-bond donors (Lipinski definition) is 2. The van der Waals surface area contributed by atoms with Gasteiger partial charge in [-0.15, -0.1) is 0 Å². The van der Waals surface area contributed by atoms with Gasteiger partial charge in [0, 0.05) is 18.7 Å². The summed E-state index contributed by atoms with van der Waals surface area (Å²) in [5.74, 6) is 5.73. The maximum atomic E-state index is 6.30. The number of halogens is 1. The van der Waals surface area contributed by atoms with Crippen LogP contribution in [0.25, 0.3) is 0 Å². The van der Waals surface area contributed by atoms with Crippen LogP contribution in [-0.2, 0) is 19.9 Å². The number of benzene rings is 1. The Kier molecular flexibility index (Phi) is 5.04. The predicted molar refractivity (Wildman–Crippen MR) is 87.4 cm³/mol. The number of hydrazine groups is 1. The Morgan fingerprint density at radius 1 is 1.19 bits per heavy atom. The van der Waals surface area contributed by atoms with Crippen molar-refractivity contribution < 1.29 is 0 Å². The lowest BCUT2D eigenvalue weighted by molar-refractivity contribution is 0.521. The number of nitrogens with one attached hydrogen (secondary N) is 1. The molecule has 0 saturated carbocycles. The number of hydrogen-bond acceptors (Lipinski definition) is 3. The van der Waals surface area contributed by atoms with E-state index in [1.807, 2.05) is 14.0 Å². The average Bonchev–Trinajstić information content (AvgIpc) is 2.63. The zero-order chi connectivity index (χ0) is 15.6. The van der Waals surface area contributed by atoms with Crippen LogP contribution in [0.15, 0.2) is 18.2 Å². The minimum Gasteiger partial charge on any atom is -0.271 e. The van der Waals surface area contributed by atoms with Crippen LogP contribution in [0.5, 0.6) is 0 Å². The molecule has 0 aliphatic carbocycles. The summed E-state index contributed by atoms with van der Waals surface area (Å²) in [6.45, 7) is 6.21. The van der Waals surface area contributed by atoms with Gasteiger partial charge in [0.05, 0.1) is 5.69 Å². The van der Waals surface area contributed by atoms with E-state index in [1.165, 1.54) is 16.7 Å². The van der Waals surface area contributed by atoms with Gasteiger partial charge in [-0.1, -0.05) is 40.9 Å². The maximum absolute atomic E-state index is 6.30. The average molecular weight is 307 g/mol. The standard InChI is InChI=1S/C16H23ClN4/c1-10-5-11(2)7-13(6-10)8-14(19-18)9-15-12(3)20-21(4)16(15)17/h5-7,14,19H,8-9,18H2,1-4H3. The summed E-state index contributed by atoms with van der Waals surface area (Å²) < 4.78 is 1.70. The SMILES string of the molecule is Cc1cc(C)cc(CC(Cc2c(C)nn(C)c2Cl)NN)c1. The predicted octanol–water partition coefficient (Wildman–Crippen LogP) is 2.62. The molecule has 21 heavy (non-hydrogen) atoms. The lowest BCUT2D eigenvalue weighted by atomic mass is 9.97. The highest BCUT2D eigenvalue weighted by Crippen LogP contribution is 2.21. The van der Waals surface area contributed by atoms with Gasteiger partial charge in [0.1, 0.15) is 5.15 Å². The lowest BCUT2D eigenvalue weighted by Crippen LogP contribution is -2.38. The molecule has 0 amide bonds. The van der Waals surface area contributed by atoms with Crippen LogP contribution in [0.1, 0.15) is 27.9 Å². The van der Waals surface area contributed by atoms with Gasteiger partial charge in [0.2, 0.25) is 0 Å². The van der Waals surface area contributed by atoms with E-state index in [-0.39, 0.29) is 6.04 Å². The summed E-state index contributed by atoms with van der Waals surface area (Å²) in [5, 5.41) is 5.04. The van der Waals surface area contributed by atoms with Crippen LogP contribution >= 0.6 is 11.6 Å². The third-order valence-corrected chi connectivity index (χ3v) is 4.19. The van der Waals surface area contributed by atoms with Crippen molar-refractivity contribution in [3.8, 4) is 0 Å². The summed E-state index contributed by atoms with van der Waals surface area (Å²) >= 11 is 6.30. The molecule has 5 heteroatoms. The fourth-order valence-electron chi connectivity index (χ4n) is 2.81. The summed E-state index contributed by atoms with van der Waals surface area (Å²) in [4.78, 5) is 0. The highest BCUT2D eigenvalue weighted by molar-refractivity contribution is 6.30. The van der Waals surface area contributed by atoms with Crippen molar-refractivity contribution in [1.29, 1.82) is 0 Å². The molecule has 2 rings (SSSR count). The molecule has 1 aromatic carbocycles.